The van der Waals surface area contributed by atoms with Crippen LogP contribution in [0.3, 0.4) is 0 Å². The van der Waals surface area contributed by atoms with Crippen LogP contribution in [0.1, 0.15) is 30.9 Å². The highest BCUT2D eigenvalue weighted by molar-refractivity contribution is 5.74. The Labute approximate surface area is 149 Å². The predicted molar refractivity (Wildman–Crippen MR) is 88.6 cm³/mol. The summed E-state index contributed by atoms with van der Waals surface area (Å²) < 4.78 is 55.7. The van der Waals surface area contributed by atoms with Gasteiger partial charge in [-0.3, -0.25) is 4.90 Å². The molecule has 0 spiro atoms. The van der Waals surface area contributed by atoms with Gasteiger partial charge in [0.2, 0.25) is 0 Å². The standard InChI is InChI=1S/C17H23F4N3O2/c1-24(11-17(19,20)21)8-3-7-22-16(25)23-14-4-2-9-26-15-6-5-12(18)10-13(14)15/h5-6,10,14H,2-4,7-9,11H2,1H3,(H2,22,23,25)/t14-/m1/s1. The van der Waals surface area contributed by atoms with E-state index in [0.717, 1.165) is 4.90 Å². The molecule has 26 heavy (non-hydrogen) atoms. The fourth-order valence-electron chi connectivity index (χ4n) is 2.84. The van der Waals surface area contributed by atoms with Gasteiger partial charge in [-0.2, -0.15) is 13.2 Å². The predicted octanol–water partition coefficient (Wildman–Crippen LogP) is 3.22. The average molecular weight is 377 g/mol. The Morgan fingerprint density at radius 3 is 2.88 bits per heavy atom. The minimum absolute atomic E-state index is 0.213. The Hall–Kier alpha value is -2.03. The zero-order valence-corrected chi connectivity index (χ0v) is 14.5. The van der Waals surface area contributed by atoms with Gasteiger partial charge in [-0.15, -0.1) is 0 Å². The number of carbonyl (C=O) groups excluding carboxylic acids is 1. The SMILES string of the molecule is CN(CCCNC(=O)N[C@@H]1CCCOc2ccc(F)cc21)CC(F)(F)F. The summed E-state index contributed by atoms with van der Waals surface area (Å²) in [7, 11) is 1.38. The van der Waals surface area contributed by atoms with Crippen molar-refractivity contribution in [2.45, 2.75) is 31.5 Å². The van der Waals surface area contributed by atoms with Crippen LogP contribution in [0.4, 0.5) is 22.4 Å². The minimum atomic E-state index is -4.23. The molecule has 2 amide bonds. The number of amides is 2. The van der Waals surface area contributed by atoms with E-state index in [0.29, 0.717) is 37.2 Å². The van der Waals surface area contributed by atoms with Crippen LogP contribution in [0.2, 0.25) is 0 Å². The van der Waals surface area contributed by atoms with Crippen molar-refractivity contribution >= 4 is 6.03 Å². The smallest absolute Gasteiger partial charge is 0.401 e. The maximum atomic E-state index is 13.5. The van der Waals surface area contributed by atoms with E-state index in [4.69, 9.17) is 4.74 Å². The number of ether oxygens (including phenoxy) is 1. The highest BCUT2D eigenvalue weighted by Gasteiger charge is 2.28. The van der Waals surface area contributed by atoms with Crippen LogP contribution in [0.25, 0.3) is 0 Å². The molecule has 0 saturated heterocycles. The van der Waals surface area contributed by atoms with E-state index in [9.17, 15) is 22.4 Å². The van der Waals surface area contributed by atoms with Gasteiger partial charge in [0.15, 0.2) is 0 Å². The van der Waals surface area contributed by atoms with Gasteiger partial charge in [0.05, 0.1) is 19.2 Å². The molecule has 0 saturated carbocycles. The summed E-state index contributed by atoms with van der Waals surface area (Å²) in [5.74, 6) is 0.136. The number of nitrogens with zero attached hydrogens (tertiary/aromatic N) is 1. The van der Waals surface area contributed by atoms with E-state index in [1.807, 2.05) is 0 Å². The fraction of sp³-hybridized carbons (Fsp3) is 0.588. The number of carbonyl (C=O) groups is 1. The number of hydrogen-bond donors (Lipinski definition) is 2. The third-order valence-corrected chi connectivity index (χ3v) is 4.00. The molecule has 0 aromatic heterocycles. The van der Waals surface area contributed by atoms with Crippen LogP contribution in [-0.2, 0) is 0 Å². The quantitative estimate of drug-likeness (QED) is 0.591. The fourth-order valence-corrected chi connectivity index (χ4v) is 2.84. The molecule has 1 atom stereocenters. The lowest BCUT2D eigenvalue weighted by Gasteiger charge is -2.20. The van der Waals surface area contributed by atoms with Crippen molar-refractivity contribution in [1.82, 2.24) is 15.5 Å². The Morgan fingerprint density at radius 1 is 1.38 bits per heavy atom. The van der Waals surface area contributed by atoms with Gasteiger partial charge in [0.25, 0.3) is 0 Å². The molecule has 0 unspecified atom stereocenters. The maximum Gasteiger partial charge on any atom is 0.401 e. The van der Waals surface area contributed by atoms with Crippen molar-refractivity contribution < 1.29 is 27.1 Å². The summed E-state index contributed by atoms with van der Waals surface area (Å²) in [5, 5.41) is 5.40. The Morgan fingerprint density at radius 2 is 2.15 bits per heavy atom. The van der Waals surface area contributed by atoms with Gasteiger partial charge < -0.3 is 15.4 Å². The summed E-state index contributed by atoms with van der Waals surface area (Å²) in [6.45, 7) is -0.0358. The second-order valence-corrected chi connectivity index (χ2v) is 6.33. The first-order chi connectivity index (χ1) is 12.2. The van der Waals surface area contributed by atoms with Crippen molar-refractivity contribution in [1.29, 1.82) is 0 Å². The van der Waals surface area contributed by atoms with Gasteiger partial charge in [-0.25, -0.2) is 9.18 Å². The first-order valence-corrected chi connectivity index (χ1v) is 8.46. The first kappa shape index (κ1) is 20.3. The molecule has 1 aromatic carbocycles. The number of benzene rings is 1. The van der Waals surface area contributed by atoms with E-state index in [1.165, 1.54) is 19.2 Å². The van der Waals surface area contributed by atoms with Crippen molar-refractivity contribution in [3.05, 3.63) is 29.6 Å². The molecule has 0 radical (unpaired) electrons. The van der Waals surface area contributed by atoms with E-state index in [1.54, 1.807) is 6.07 Å². The number of alkyl halides is 3. The highest BCUT2D eigenvalue weighted by atomic mass is 19.4. The Kier molecular flexibility index (Phi) is 7.07. The molecule has 0 aliphatic carbocycles. The van der Waals surface area contributed by atoms with Gasteiger partial charge in [-0.1, -0.05) is 0 Å². The summed E-state index contributed by atoms with van der Waals surface area (Å²) in [5.41, 5.74) is 0.586. The third-order valence-electron chi connectivity index (χ3n) is 4.00. The summed E-state index contributed by atoms with van der Waals surface area (Å²) >= 11 is 0. The van der Waals surface area contributed by atoms with Gasteiger partial charge >= 0.3 is 12.2 Å². The molecule has 1 aliphatic heterocycles. The minimum Gasteiger partial charge on any atom is -0.493 e. The molecule has 5 nitrogen and oxygen atoms in total. The molecule has 1 heterocycles. The van der Waals surface area contributed by atoms with Crippen LogP contribution in [0.5, 0.6) is 5.75 Å². The van der Waals surface area contributed by atoms with E-state index in [-0.39, 0.29) is 19.1 Å². The number of nitrogens with one attached hydrogen (secondary N) is 2. The Bertz CT molecular complexity index is 610. The zero-order valence-electron chi connectivity index (χ0n) is 14.5. The van der Waals surface area contributed by atoms with Crippen molar-refractivity contribution in [3.8, 4) is 5.75 Å². The van der Waals surface area contributed by atoms with Crippen LogP contribution in [0.15, 0.2) is 18.2 Å². The molecule has 1 aromatic rings. The third kappa shape index (κ3) is 6.70. The molecule has 0 fully saturated rings. The topological polar surface area (TPSA) is 53.6 Å². The summed E-state index contributed by atoms with van der Waals surface area (Å²) in [6.07, 6.45) is -2.52. The second kappa shape index (κ2) is 9.07. The van der Waals surface area contributed by atoms with Crippen molar-refractivity contribution in [2.75, 3.05) is 33.3 Å². The van der Waals surface area contributed by atoms with Crippen LogP contribution >= 0.6 is 0 Å². The normalized spacial score (nSPS) is 17.2. The molecular formula is C17H23F4N3O2. The van der Waals surface area contributed by atoms with Crippen LogP contribution < -0.4 is 15.4 Å². The monoisotopic (exact) mass is 377 g/mol. The summed E-state index contributed by atoms with van der Waals surface area (Å²) in [4.78, 5) is 13.2. The number of fused-ring (bicyclic) bond motifs is 1. The second-order valence-electron chi connectivity index (χ2n) is 6.33. The van der Waals surface area contributed by atoms with Gasteiger partial charge in [0, 0.05) is 12.1 Å². The molecule has 1 aliphatic rings. The van der Waals surface area contributed by atoms with Crippen molar-refractivity contribution in [2.24, 2.45) is 0 Å². The lowest BCUT2D eigenvalue weighted by Crippen LogP contribution is -2.39. The molecular weight excluding hydrogens is 354 g/mol. The average Bonchev–Trinajstić information content (AvgIpc) is 2.72. The molecule has 9 heteroatoms. The van der Waals surface area contributed by atoms with Crippen LogP contribution in [-0.4, -0.2) is 50.4 Å². The van der Waals surface area contributed by atoms with Crippen LogP contribution in [0, 0.1) is 5.82 Å². The first-order valence-electron chi connectivity index (χ1n) is 8.46. The number of hydrogen-bond acceptors (Lipinski definition) is 3. The lowest BCUT2D eigenvalue weighted by molar-refractivity contribution is -0.143. The van der Waals surface area contributed by atoms with E-state index in [2.05, 4.69) is 10.6 Å². The molecule has 146 valence electrons. The molecule has 2 N–H and O–H groups in total. The molecule has 0 bridgehead atoms. The van der Waals surface area contributed by atoms with Crippen molar-refractivity contribution in [3.63, 3.8) is 0 Å². The zero-order chi connectivity index (χ0) is 19.2. The van der Waals surface area contributed by atoms with Gasteiger partial charge in [-0.05, 0) is 51.1 Å². The highest BCUT2D eigenvalue weighted by Crippen LogP contribution is 2.31. The number of rotatable bonds is 6. The summed E-state index contributed by atoms with van der Waals surface area (Å²) in [6, 6.07) is 3.37. The molecule has 2 rings (SSSR count). The maximum absolute atomic E-state index is 13.5. The Balaban J connectivity index is 1.78. The largest absolute Gasteiger partial charge is 0.493 e. The van der Waals surface area contributed by atoms with Gasteiger partial charge in [0.1, 0.15) is 11.6 Å². The number of urea groups is 1. The van der Waals surface area contributed by atoms with E-state index < -0.39 is 24.6 Å². The lowest BCUT2D eigenvalue weighted by atomic mass is 10.0. The number of halogens is 4. The van der Waals surface area contributed by atoms with E-state index >= 15 is 0 Å².